The summed E-state index contributed by atoms with van der Waals surface area (Å²) in [5, 5.41) is 2.92. The van der Waals surface area contributed by atoms with Gasteiger partial charge in [0.05, 0.1) is 37.4 Å². The molecule has 2 rings (SSSR count). The SMILES string of the molecule is CCCCCCCCOc1ccccc1C(=O)Nc1ccc(C(=O)OCC[N+](CC)(CC)CCCCC)cc1.[Br-]. The number of halogens is 1. The molecule has 0 heterocycles. The van der Waals surface area contributed by atoms with E-state index in [0.29, 0.717) is 35.8 Å². The first-order valence-electron chi connectivity index (χ1n) is 15.1. The standard InChI is InChI=1S/C33H50N2O4.BrH/c1-5-9-11-12-13-17-26-38-31-19-15-14-18-30(31)32(36)34-29-22-20-28(21-23-29)33(37)39-27-25-35(7-3,8-4)24-16-10-6-2;/h14-15,18-23H,5-13,16-17,24-27H2,1-4H3;1H. The number of ether oxygens (including phenoxy) is 2. The van der Waals surface area contributed by atoms with Gasteiger partial charge >= 0.3 is 5.97 Å². The fourth-order valence-electron chi connectivity index (χ4n) is 4.81. The van der Waals surface area contributed by atoms with Crippen LogP contribution in [-0.4, -0.2) is 55.8 Å². The summed E-state index contributed by atoms with van der Waals surface area (Å²) in [4.78, 5) is 25.6. The molecule has 0 aromatic heterocycles. The van der Waals surface area contributed by atoms with Crippen LogP contribution in [-0.2, 0) is 4.74 Å². The highest BCUT2D eigenvalue weighted by atomic mass is 79.9. The number of para-hydroxylation sites is 1. The molecule has 224 valence electrons. The minimum atomic E-state index is -0.333. The van der Waals surface area contributed by atoms with Gasteiger partial charge in [-0.05, 0) is 69.5 Å². The zero-order valence-corrected chi connectivity index (χ0v) is 26.8. The Labute approximate surface area is 253 Å². The van der Waals surface area contributed by atoms with Gasteiger partial charge in [0.1, 0.15) is 18.9 Å². The summed E-state index contributed by atoms with van der Waals surface area (Å²) in [7, 11) is 0. The van der Waals surface area contributed by atoms with E-state index in [1.165, 1.54) is 44.9 Å². The van der Waals surface area contributed by atoms with Gasteiger partial charge in [-0.2, -0.15) is 0 Å². The van der Waals surface area contributed by atoms with Crippen molar-refractivity contribution in [2.45, 2.75) is 85.5 Å². The fraction of sp³-hybridized carbons (Fsp3) is 0.576. The van der Waals surface area contributed by atoms with Gasteiger partial charge in [0.15, 0.2) is 0 Å². The molecule has 6 nitrogen and oxygen atoms in total. The topological polar surface area (TPSA) is 64.6 Å². The molecule has 0 aliphatic heterocycles. The lowest BCUT2D eigenvalue weighted by atomic mass is 10.1. The number of nitrogens with one attached hydrogen (secondary N) is 1. The number of esters is 1. The lowest BCUT2D eigenvalue weighted by Crippen LogP contribution is -3.00. The number of nitrogens with zero attached hydrogens (tertiary/aromatic N) is 1. The molecule has 0 saturated heterocycles. The maximum absolute atomic E-state index is 13.0. The third kappa shape index (κ3) is 12.4. The first-order chi connectivity index (χ1) is 19.0. The molecule has 0 atom stereocenters. The summed E-state index contributed by atoms with van der Waals surface area (Å²) < 4.78 is 12.5. The van der Waals surface area contributed by atoms with Crippen LogP contribution in [0.1, 0.15) is 106 Å². The summed E-state index contributed by atoms with van der Waals surface area (Å²) >= 11 is 0. The van der Waals surface area contributed by atoms with Crippen molar-refractivity contribution < 1.29 is 40.5 Å². The Balaban J connectivity index is 0.00000800. The highest BCUT2D eigenvalue weighted by Gasteiger charge is 2.23. The molecule has 2 aromatic rings. The van der Waals surface area contributed by atoms with Crippen LogP contribution < -0.4 is 27.0 Å². The Hall–Kier alpha value is -2.38. The summed E-state index contributed by atoms with van der Waals surface area (Å²) in [6, 6.07) is 14.2. The number of unbranched alkanes of at least 4 members (excludes halogenated alkanes) is 7. The maximum atomic E-state index is 13.0. The van der Waals surface area contributed by atoms with Crippen molar-refractivity contribution in [2.24, 2.45) is 0 Å². The first kappa shape index (κ1) is 35.6. The monoisotopic (exact) mass is 618 g/mol. The van der Waals surface area contributed by atoms with E-state index in [0.717, 1.165) is 43.5 Å². The van der Waals surface area contributed by atoms with E-state index in [-0.39, 0.29) is 28.9 Å². The van der Waals surface area contributed by atoms with Crippen LogP contribution >= 0.6 is 0 Å². The lowest BCUT2D eigenvalue weighted by molar-refractivity contribution is -0.925. The number of anilines is 1. The minimum Gasteiger partial charge on any atom is -1.00 e. The number of benzene rings is 2. The normalized spacial score (nSPS) is 11.0. The average Bonchev–Trinajstić information content (AvgIpc) is 2.96. The van der Waals surface area contributed by atoms with E-state index in [1.807, 2.05) is 18.2 Å². The zero-order chi connectivity index (χ0) is 28.3. The maximum Gasteiger partial charge on any atom is 0.338 e. The van der Waals surface area contributed by atoms with Crippen molar-refractivity contribution in [3.8, 4) is 5.75 Å². The quantitative estimate of drug-likeness (QED) is 0.130. The zero-order valence-electron chi connectivity index (χ0n) is 25.2. The summed E-state index contributed by atoms with van der Waals surface area (Å²) in [6.07, 6.45) is 10.8. The number of carbonyl (C=O) groups excluding carboxylic acids is 2. The van der Waals surface area contributed by atoms with Gasteiger partial charge in [-0.25, -0.2) is 4.79 Å². The Kier molecular flexibility index (Phi) is 18.3. The Morgan fingerprint density at radius 1 is 0.725 bits per heavy atom. The second-order valence-corrected chi connectivity index (χ2v) is 10.4. The summed E-state index contributed by atoms with van der Waals surface area (Å²) in [5.41, 5.74) is 1.60. The molecular weight excluding hydrogens is 568 g/mol. The Morgan fingerprint density at radius 3 is 2.02 bits per heavy atom. The van der Waals surface area contributed by atoms with Crippen LogP contribution in [0.15, 0.2) is 48.5 Å². The second-order valence-electron chi connectivity index (χ2n) is 10.4. The van der Waals surface area contributed by atoms with E-state index in [1.54, 1.807) is 30.3 Å². The molecule has 0 unspecified atom stereocenters. The van der Waals surface area contributed by atoms with Crippen LogP contribution in [0.2, 0.25) is 0 Å². The predicted octanol–water partition coefficient (Wildman–Crippen LogP) is 4.89. The van der Waals surface area contributed by atoms with E-state index < -0.39 is 0 Å². The molecule has 2 aromatic carbocycles. The van der Waals surface area contributed by atoms with Crippen molar-refractivity contribution >= 4 is 17.6 Å². The number of hydrogen-bond acceptors (Lipinski definition) is 4. The van der Waals surface area contributed by atoms with Gasteiger partial charge in [-0.15, -0.1) is 0 Å². The predicted molar refractivity (Wildman–Crippen MR) is 161 cm³/mol. The van der Waals surface area contributed by atoms with Gasteiger partial charge in [0.2, 0.25) is 0 Å². The van der Waals surface area contributed by atoms with E-state index >= 15 is 0 Å². The average molecular weight is 620 g/mol. The van der Waals surface area contributed by atoms with Crippen molar-refractivity contribution in [1.82, 2.24) is 0 Å². The number of carbonyl (C=O) groups is 2. The lowest BCUT2D eigenvalue weighted by Gasteiger charge is -2.36. The van der Waals surface area contributed by atoms with E-state index in [2.05, 4.69) is 33.0 Å². The molecule has 0 radical (unpaired) electrons. The summed E-state index contributed by atoms with van der Waals surface area (Å²) in [6.45, 7) is 13.9. The molecule has 0 saturated carbocycles. The van der Waals surface area contributed by atoms with Crippen molar-refractivity contribution in [3.63, 3.8) is 0 Å². The highest BCUT2D eigenvalue weighted by Crippen LogP contribution is 2.21. The molecule has 0 spiro atoms. The molecule has 0 bridgehead atoms. The summed E-state index contributed by atoms with van der Waals surface area (Å²) in [5.74, 6) is 0.0208. The highest BCUT2D eigenvalue weighted by molar-refractivity contribution is 6.06. The fourth-order valence-corrected chi connectivity index (χ4v) is 4.81. The second kappa shape index (κ2) is 20.5. The molecule has 40 heavy (non-hydrogen) atoms. The van der Waals surface area contributed by atoms with Crippen molar-refractivity contribution in [3.05, 3.63) is 59.7 Å². The van der Waals surface area contributed by atoms with Crippen LogP contribution in [0, 0.1) is 0 Å². The molecule has 1 N–H and O–H groups in total. The van der Waals surface area contributed by atoms with E-state index in [4.69, 9.17) is 9.47 Å². The van der Waals surface area contributed by atoms with Gasteiger partial charge in [0.25, 0.3) is 5.91 Å². The van der Waals surface area contributed by atoms with Crippen LogP contribution in [0.25, 0.3) is 0 Å². The van der Waals surface area contributed by atoms with Gasteiger partial charge in [-0.3, -0.25) is 4.79 Å². The smallest absolute Gasteiger partial charge is 0.338 e. The number of likely N-dealkylation sites (N-methyl/N-ethyl adjacent to an activating group) is 1. The largest absolute Gasteiger partial charge is 1.00 e. The van der Waals surface area contributed by atoms with Crippen molar-refractivity contribution in [1.29, 1.82) is 0 Å². The molecule has 7 heteroatoms. The third-order valence-electron chi connectivity index (χ3n) is 7.64. The first-order valence-corrected chi connectivity index (χ1v) is 15.1. The molecular formula is C33H51BrN2O4. The molecule has 0 aliphatic rings. The van der Waals surface area contributed by atoms with E-state index in [9.17, 15) is 9.59 Å². The van der Waals surface area contributed by atoms with Crippen molar-refractivity contribution in [2.75, 3.05) is 44.7 Å². The number of amides is 1. The Morgan fingerprint density at radius 2 is 1.35 bits per heavy atom. The number of quaternary nitrogens is 1. The van der Waals surface area contributed by atoms with Gasteiger partial charge < -0.3 is 36.3 Å². The molecule has 0 fully saturated rings. The van der Waals surface area contributed by atoms with Gasteiger partial charge in [0, 0.05) is 5.69 Å². The van der Waals surface area contributed by atoms with Gasteiger partial charge in [-0.1, -0.05) is 64.5 Å². The molecule has 1 amide bonds. The minimum absolute atomic E-state index is 0. The molecule has 0 aliphatic carbocycles. The number of hydrogen-bond donors (Lipinski definition) is 1. The van der Waals surface area contributed by atoms with Crippen LogP contribution in [0.5, 0.6) is 5.75 Å². The number of rotatable bonds is 20. The third-order valence-corrected chi connectivity index (χ3v) is 7.64. The van der Waals surface area contributed by atoms with Crippen LogP contribution in [0.3, 0.4) is 0 Å². The van der Waals surface area contributed by atoms with Crippen LogP contribution in [0.4, 0.5) is 5.69 Å². The Bertz CT molecular complexity index is 977.